The summed E-state index contributed by atoms with van der Waals surface area (Å²) < 4.78 is 0. The van der Waals surface area contributed by atoms with Gasteiger partial charge < -0.3 is 0 Å². The smallest absolute Gasteiger partial charge is 0.158 e. The highest BCUT2D eigenvalue weighted by Crippen LogP contribution is 2.20. The Bertz CT molecular complexity index is 323. The highest BCUT2D eigenvalue weighted by atomic mass is 16.1. The molecule has 74 valence electrons. The molecule has 0 saturated heterocycles. The van der Waals surface area contributed by atoms with Crippen LogP contribution in [0.2, 0.25) is 0 Å². The van der Waals surface area contributed by atoms with Crippen LogP contribution >= 0.6 is 0 Å². The van der Waals surface area contributed by atoms with Crippen molar-refractivity contribution in [2.45, 2.75) is 39.0 Å². The minimum atomic E-state index is 0.313. The van der Waals surface area contributed by atoms with E-state index < -0.39 is 0 Å². The van der Waals surface area contributed by atoms with Gasteiger partial charge in [0, 0.05) is 12.8 Å². The number of ketones is 1. The summed E-state index contributed by atoms with van der Waals surface area (Å²) in [5.41, 5.74) is 1.91. The summed E-state index contributed by atoms with van der Waals surface area (Å²) in [5.74, 6) is 6.21. The SMILES string of the molecule is C=C(C)C#CCCCC(=O)C1=CCC1. The summed E-state index contributed by atoms with van der Waals surface area (Å²) in [4.78, 5) is 11.4. The average Bonchev–Trinajstić information content (AvgIpc) is 1.99. The quantitative estimate of drug-likeness (QED) is 0.489. The van der Waals surface area contributed by atoms with Crippen LogP contribution in [0.5, 0.6) is 0 Å². The molecule has 0 aromatic carbocycles. The van der Waals surface area contributed by atoms with Gasteiger partial charge in [-0.2, -0.15) is 0 Å². The fourth-order valence-electron chi connectivity index (χ4n) is 1.25. The monoisotopic (exact) mass is 188 g/mol. The zero-order valence-corrected chi connectivity index (χ0v) is 8.73. The second-order valence-corrected chi connectivity index (χ2v) is 3.63. The van der Waals surface area contributed by atoms with Gasteiger partial charge >= 0.3 is 0 Å². The van der Waals surface area contributed by atoms with Crippen LogP contribution < -0.4 is 0 Å². The Morgan fingerprint density at radius 2 is 2.36 bits per heavy atom. The Morgan fingerprint density at radius 1 is 1.64 bits per heavy atom. The van der Waals surface area contributed by atoms with Gasteiger partial charge in [-0.3, -0.25) is 4.79 Å². The van der Waals surface area contributed by atoms with Gasteiger partial charge in [-0.1, -0.05) is 24.5 Å². The molecule has 0 atom stereocenters. The van der Waals surface area contributed by atoms with Crippen LogP contribution in [0.3, 0.4) is 0 Å². The fraction of sp³-hybridized carbons (Fsp3) is 0.462. The Hall–Kier alpha value is -1.29. The number of rotatable bonds is 4. The van der Waals surface area contributed by atoms with Gasteiger partial charge in [0.15, 0.2) is 5.78 Å². The van der Waals surface area contributed by atoms with Gasteiger partial charge in [0.25, 0.3) is 0 Å². The fourth-order valence-corrected chi connectivity index (χ4v) is 1.25. The summed E-state index contributed by atoms with van der Waals surface area (Å²) in [5, 5.41) is 0. The third-order valence-corrected chi connectivity index (χ3v) is 2.17. The van der Waals surface area contributed by atoms with Crippen molar-refractivity contribution in [1.82, 2.24) is 0 Å². The van der Waals surface area contributed by atoms with E-state index in [1.54, 1.807) is 0 Å². The van der Waals surface area contributed by atoms with Crippen molar-refractivity contribution in [3.63, 3.8) is 0 Å². The second-order valence-electron chi connectivity index (χ2n) is 3.63. The molecule has 0 amide bonds. The zero-order chi connectivity index (χ0) is 10.4. The number of allylic oxidation sites excluding steroid dienone is 3. The van der Waals surface area contributed by atoms with E-state index in [0.29, 0.717) is 12.2 Å². The van der Waals surface area contributed by atoms with Gasteiger partial charge in [-0.25, -0.2) is 0 Å². The number of carbonyl (C=O) groups excluding carboxylic acids is 1. The number of Topliss-reactive ketones (excluding diaryl/α,β-unsaturated/α-hetero) is 1. The molecule has 0 N–H and O–H groups in total. The molecule has 1 nitrogen and oxygen atoms in total. The van der Waals surface area contributed by atoms with E-state index in [1.807, 2.05) is 13.0 Å². The maximum Gasteiger partial charge on any atom is 0.158 e. The van der Waals surface area contributed by atoms with Gasteiger partial charge in [-0.05, 0) is 37.3 Å². The summed E-state index contributed by atoms with van der Waals surface area (Å²) in [6.45, 7) is 5.58. The van der Waals surface area contributed by atoms with Crippen LogP contribution in [0.15, 0.2) is 23.8 Å². The third-order valence-electron chi connectivity index (χ3n) is 2.17. The van der Waals surface area contributed by atoms with E-state index in [9.17, 15) is 4.79 Å². The number of hydrogen-bond acceptors (Lipinski definition) is 1. The third kappa shape index (κ3) is 3.62. The van der Waals surface area contributed by atoms with E-state index in [-0.39, 0.29) is 0 Å². The lowest BCUT2D eigenvalue weighted by molar-refractivity contribution is -0.116. The Morgan fingerprint density at radius 3 is 2.86 bits per heavy atom. The van der Waals surface area contributed by atoms with Crippen molar-refractivity contribution < 1.29 is 4.79 Å². The largest absolute Gasteiger partial charge is 0.295 e. The molecule has 0 bridgehead atoms. The molecule has 1 heteroatoms. The first kappa shape index (κ1) is 10.8. The van der Waals surface area contributed by atoms with Crippen molar-refractivity contribution in [2.75, 3.05) is 0 Å². The second kappa shape index (κ2) is 5.44. The molecule has 1 aliphatic carbocycles. The zero-order valence-electron chi connectivity index (χ0n) is 8.73. The molecule has 0 radical (unpaired) electrons. The average molecular weight is 188 g/mol. The molecule has 0 fully saturated rings. The minimum Gasteiger partial charge on any atom is -0.295 e. The van der Waals surface area contributed by atoms with E-state index >= 15 is 0 Å². The predicted molar refractivity (Wildman–Crippen MR) is 58.8 cm³/mol. The van der Waals surface area contributed by atoms with Crippen LogP contribution in [-0.4, -0.2) is 5.78 Å². The van der Waals surface area contributed by atoms with Gasteiger partial charge in [-0.15, -0.1) is 0 Å². The Balaban J connectivity index is 2.13. The van der Waals surface area contributed by atoms with Gasteiger partial charge in [0.05, 0.1) is 0 Å². The standard InChI is InChI=1S/C13H16O/c1-11(2)7-4-3-5-10-13(14)12-8-6-9-12/h8H,1,3,5-6,9-10H2,2H3. The number of hydrogen-bond donors (Lipinski definition) is 0. The lowest BCUT2D eigenvalue weighted by Crippen LogP contribution is -2.07. The number of unbranched alkanes of at least 4 members (excludes halogenated alkanes) is 1. The van der Waals surface area contributed by atoms with E-state index in [1.165, 1.54) is 0 Å². The van der Waals surface area contributed by atoms with Crippen molar-refractivity contribution in [3.8, 4) is 11.8 Å². The molecule has 14 heavy (non-hydrogen) atoms. The van der Waals surface area contributed by atoms with E-state index in [2.05, 4.69) is 18.4 Å². The van der Waals surface area contributed by atoms with Gasteiger partial charge in [0.1, 0.15) is 0 Å². The molecule has 0 aliphatic heterocycles. The van der Waals surface area contributed by atoms with Crippen molar-refractivity contribution in [3.05, 3.63) is 23.8 Å². The Labute approximate surface area is 85.9 Å². The first-order valence-electron chi connectivity index (χ1n) is 5.07. The molecular formula is C13H16O. The van der Waals surface area contributed by atoms with Crippen LogP contribution in [-0.2, 0) is 4.79 Å². The molecule has 0 aromatic rings. The maximum absolute atomic E-state index is 11.4. The molecule has 0 aromatic heterocycles. The van der Waals surface area contributed by atoms with Crippen molar-refractivity contribution in [1.29, 1.82) is 0 Å². The lowest BCUT2D eigenvalue weighted by atomic mass is 9.92. The topological polar surface area (TPSA) is 17.1 Å². The molecule has 0 unspecified atom stereocenters. The Kier molecular flexibility index (Phi) is 4.19. The summed E-state index contributed by atoms with van der Waals surface area (Å²) in [7, 11) is 0. The molecule has 0 saturated carbocycles. The molecule has 1 aliphatic rings. The first-order chi connectivity index (χ1) is 6.70. The van der Waals surface area contributed by atoms with E-state index in [0.717, 1.165) is 36.8 Å². The maximum atomic E-state index is 11.4. The van der Waals surface area contributed by atoms with Crippen LogP contribution in [0.4, 0.5) is 0 Å². The predicted octanol–water partition coefficient (Wildman–Crippen LogP) is 3.03. The summed E-state index contributed by atoms with van der Waals surface area (Å²) in [6.07, 6.45) is 6.41. The molecule has 0 heterocycles. The van der Waals surface area contributed by atoms with Crippen LogP contribution in [0, 0.1) is 11.8 Å². The minimum absolute atomic E-state index is 0.313. The normalized spacial score (nSPS) is 13.4. The van der Waals surface area contributed by atoms with Crippen molar-refractivity contribution >= 4 is 5.78 Å². The number of carbonyl (C=O) groups is 1. The van der Waals surface area contributed by atoms with Crippen LogP contribution in [0.25, 0.3) is 0 Å². The first-order valence-corrected chi connectivity index (χ1v) is 5.07. The highest BCUT2D eigenvalue weighted by molar-refractivity contribution is 5.96. The molecule has 1 rings (SSSR count). The van der Waals surface area contributed by atoms with Crippen molar-refractivity contribution in [2.24, 2.45) is 0 Å². The summed E-state index contributed by atoms with van der Waals surface area (Å²) >= 11 is 0. The van der Waals surface area contributed by atoms with Crippen LogP contribution in [0.1, 0.15) is 39.0 Å². The highest BCUT2D eigenvalue weighted by Gasteiger charge is 2.13. The molecular weight excluding hydrogens is 172 g/mol. The lowest BCUT2D eigenvalue weighted by Gasteiger charge is -2.11. The van der Waals surface area contributed by atoms with E-state index in [4.69, 9.17) is 0 Å². The van der Waals surface area contributed by atoms with Gasteiger partial charge in [0.2, 0.25) is 0 Å². The summed E-state index contributed by atoms with van der Waals surface area (Å²) in [6, 6.07) is 0. The molecule has 0 spiro atoms.